The molecule has 1 aromatic rings. The van der Waals surface area contributed by atoms with Crippen molar-refractivity contribution in [2.24, 2.45) is 0 Å². The lowest BCUT2D eigenvalue weighted by Gasteiger charge is -2.14. The van der Waals surface area contributed by atoms with Gasteiger partial charge < -0.3 is 14.9 Å². The van der Waals surface area contributed by atoms with Crippen LogP contribution in [0.25, 0.3) is 0 Å². The number of rotatable bonds is 7. The Labute approximate surface area is 132 Å². The van der Waals surface area contributed by atoms with Crippen LogP contribution in [0.2, 0.25) is 15.1 Å². The highest BCUT2D eigenvalue weighted by Crippen LogP contribution is 2.47. The first-order chi connectivity index (χ1) is 9.41. The zero-order valence-electron chi connectivity index (χ0n) is 10.9. The van der Waals surface area contributed by atoms with Crippen molar-refractivity contribution in [1.29, 1.82) is 0 Å². The number of hydrogen-bond acceptors (Lipinski definition) is 3. The Hall–Kier alpha value is -0.840. The van der Waals surface area contributed by atoms with Gasteiger partial charge >= 0.3 is 5.97 Å². The van der Waals surface area contributed by atoms with Crippen LogP contribution < -0.4 is 4.74 Å². The molecule has 1 aromatic carbocycles. The molecule has 0 bridgehead atoms. The molecule has 20 heavy (non-hydrogen) atoms. The van der Waals surface area contributed by atoms with E-state index in [1.807, 2.05) is 0 Å². The zero-order valence-corrected chi connectivity index (χ0v) is 13.1. The summed E-state index contributed by atoms with van der Waals surface area (Å²) in [6, 6.07) is 0. The van der Waals surface area contributed by atoms with Crippen LogP contribution in [0.15, 0.2) is 0 Å². The van der Waals surface area contributed by atoms with Crippen LogP contribution in [0, 0.1) is 0 Å². The van der Waals surface area contributed by atoms with E-state index < -0.39 is 17.3 Å². The van der Waals surface area contributed by atoms with E-state index in [0.717, 1.165) is 25.7 Å². The molecular weight excluding hydrogens is 326 g/mol. The summed E-state index contributed by atoms with van der Waals surface area (Å²) in [4.78, 5) is 11.1. The first-order valence-electron chi connectivity index (χ1n) is 6.17. The minimum Gasteiger partial charge on any atom is -0.504 e. The molecule has 0 aliphatic carbocycles. The van der Waals surface area contributed by atoms with Crippen LogP contribution in [0.5, 0.6) is 11.5 Å². The van der Waals surface area contributed by atoms with Crippen molar-refractivity contribution < 1.29 is 19.7 Å². The summed E-state index contributed by atoms with van der Waals surface area (Å²) < 4.78 is 5.35. The largest absolute Gasteiger partial charge is 0.504 e. The summed E-state index contributed by atoms with van der Waals surface area (Å²) in [5.74, 6) is -2.15. The third-order valence-electron chi connectivity index (χ3n) is 2.71. The molecule has 0 aliphatic heterocycles. The highest BCUT2D eigenvalue weighted by atomic mass is 35.5. The number of carboxylic acid groups (broad SMARTS) is 1. The van der Waals surface area contributed by atoms with Gasteiger partial charge in [-0.2, -0.15) is 0 Å². The highest BCUT2D eigenvalue weighted by molar-refractivity contribution is 6.50. The number of halogens is 3. The van der Waals surface area contributed by atoms with Gasteiger partial charge in [-0.3, -0.25) is 0 Å². The Kier molecular flexibility index (Phi) is 6.72. The molecule has 0 saturated heterocycles. The molecule has 0 fully saturated rings. The minimum atomic E-state index is -1.40. The van der Waals surface area contributed by atoms with Gasteiger partial charge in [-0.25, -0.2) is 4.79 Å². The topological polar surface area (TPSA) is 66.8 Å². The monoisotopic (exact) mass is 340 g/mol. The molecule has 0 spiro atoms. The number of unbranched alkanes of at least 4 members (excludes halogenated alkanes) is 3. The van der Waals surface area contributed by atoms with E-state index in [2.05, 4.69) is 6.92 Å². The van der Waals surface area contributed by atoms with Crippen molar-refractivity contribution >= 4 is 40.8 Å². The van der Waals surface area contributed by atoms with Gasteiger partial charge in [-0.05, 0) is 6.42 Å². The maximum absolute atomic E-state index is 11.1. The van der Waals surface area contributed by atoms with Crippen LogP contribution in [0.1, 0.15) is 43.0 Å². The SMILES string of the molecule is CCCCCCOc1c(O)c(C(=O)O)c(Cl)c(Cl)c1Cl. The Balaban J connectivity index is 2.98. The summed E-state index contributed by atoms with van der Waals surface area (Å²) in [6.07, 6.45) is 3.90. The predicted octanol–water partition coefficient (Wildman–Crippen LogP) is 5.01. The molecule has 0 aliphatic rings. The zero-order chi connectivity index (χ0) is 15.3. The first-order valence-corrected chi connectivity index (χ1v) is 7.30. The number of carboxylic acids is 1. The second kappa shape index (κ2) is 7.81. The van der Waals surface area contributed by atoms with E-state index in [-0.39, 0.29) is 20.8 Å². The number of aromatic hydroxyl groups is 1. The van der Waals surface area contributed by atoms with Crippen molar-refractivity contribution in [1.82, 2.24) is 0 Å². The van der Waals surface area contributed by atoms with E-state index in [0.29, 0.717) is 6.61 Å². The Morgan fingerprint density at radius 3 is 2.30 bits per heavy atom. The molecule has 4 nitrogen and oxygen atoms in total. The molecule has 0 radical (unpaired) electrons. The predicted molar refractivity (Wildman–Crippen MR) is 79.7 cm³/mol. The van der Waals surface area contributed by atoms with Gasteiger partial charge in [0.25, 0.3) is 0 Å². The summed E-state index contributed by atoms with van der Waals surface area (Å²) in [5, 5.41) is 18.4. The molecular formula is C13H15Cl3O4. The first kappa shape index (κ1) is 17.2. The van der Waals surface area contributed by atoms with Gasteiger partial charge in [0.15, 0.2) is 11.5 Å². The molecule has 2 N–H and O–H groups in total. The smallest absolute Gasteiger partial charge is 0.341 e. The minimum absolute atomic E-state index is 0.0883. The van der Waals surface area contributed by atoms with Crippen LogP contribution in [0.3, 0.4) is 0 Å². The van der Waals surface area contributed by atoms with E-state index in [9.17, 15) is 9.90 Å². The molecule has 112 valence electrons. The Morgan fingerprint density at radius 1 is 1.10 bits per heavy atom. The molecule has 7 heteroatoms. The van der Waals surface area contributed by atoms with Crippen molar-refractivity contribution in [3.63, 3.8) is 0 Å². The number of aromatic carboxylic acids is 1. The summed E-state index contributed by atoms with van der Waals surface area (Å²) in [6.45, 7) is 2.39. The Bertz CT molecular complexity index is 503. The number of phenols is 1. The van der Waals surface area contributed by atoms with Crippen molar-refractivity contribution in [2.75, 3.05) is 6.61 Å². The second-order valence-electron chi connectivity index (χ2n) is 4.21. The fourth-order valence-electron chi connectivity index (χ4n) is 1.66. The lowest BCUT2D eigenvalue weighted by atomic mass is 10.1. The maximum Gasteiger partial charge on any atom is 0.341 e. The van der Waals surface area contributed by atoms with Gasteiger partial charge in [0, 0.05) is 0 Å². The Morgan fingerprint density at radius 2 is 1.75 bits per heavy atom. The standard InChI is InChI=1S/C13H15Cl3O4/c1-2-3-4-5-6-20-12-10(16)9(15)8(14)7(11(12)17)13(18)19/h17H,2-6H2,1H3,(H,18,19). The van der Waals surface area contributed by atoms with E-state index in [1.54, 1.807) is 0 Å². The van der Waals surface area contributed by atoms with Crippen LogP contribution in [-0.4, -0.2) is 22.8 Å². The van der Waals surface area contributed by atoms with Crippen LogP contribution in [0.4, 0.5) is 0 Å². The highest BCUT2D eigenvalue weighted by Gasteiger charge is 2.26. The van der Waals surface area contributed by atoms with Gasteiger partial charge in [0.1, 0.15) is 10.6 Å². The molecule has 0 aromatic heterocycles. The summed E-state index contributed by atoms with van der Waals surface area (Å²) >= 11 is 17.5. The molecule has 0 unspecified atom stereocenters. The molecule has 0 atom stereocenters. The van der Waals surface area contributed by atoms with Crippen molar-refractivity contribution in [3.8, 4) is 11.5 Å². The van der Waals surface area contributed by atoms with E-state index >= 15 is 0 Å². The van der Waals surface area contributed by atoms with Crippen LogP contribution >= 0.6 is 34.8 Å². The fourth-order valence-corrected chi connectivity index (χ4v) is 2.39. The van der Waals surface area contributed by atoms with Gasteiger partial charge in [-0.15, -0.1) is 0 Å². The number of hydrogen-bond donors (Lipinski definition) is 2. The second-order valence-corrected chi connectivity index (χ2v) is 5.34. The number of carbonyl (C=O) groups is 1. The molecule has 0 amide bonds. The number of benzene rings is 1. The van der Waals surface area contributed by atoms with Crippen molar-refractivity contribution in [3.05, 3.63) is 20.6 Å². The number of ether oxygens (including phenoxy) is 1. The van der Waals surface area contributed by atoms with E-state index in [1.165, 1.54) is 0 Å². The summed E-state index contributed by atoms with van der Waals surface area (Å²) in [7, 11) is 0. The van der Waals surface area contributed by atoms with Crippen molar-refractivity contribution in [2.45, 2.75) is 32.6 Å². The normalized spacial score (nSPS) is 10.6. The molecule has 0 saturated carbocycles. The molecule has 0 heterocycles. The van der Waals surface area contributed by atoms with E-state index in [4.69, 9.17) is 44.6 Å². The lowest BCUT2D eigenvalue weighted by molar-refractivity contribution is 0.0693. The fraction of sp³-hybridized carbons (Fsp3) is 0.462. The average molecular weight is 342 g/mol. The van der Waals surface area contributed by atoms with Gasteiger partial charge in [0.2, 0.25) is 0 Å². The third kappa shape index (κ3) is 3.84. The lowest BCUT2D eigenvalue weighted by Crippen LogP contribution is -2.04. The average Bonchev–Trinajstić information content (AvgIpc) is 2.39. The maximum atomic E-state index is 11.1. The third-order valence-corrected chi connectivity index (χ3v) is 4.02. The van der Waals surface area contributed by atoms with Crippen LogP contribution in [-0.2, 0) is 0 Å². The summed E-state index contributed by atoms with van der Waals surface area (Å²) in [5.41, 5.74) is -0.510. The van der Waals surface area contributed by atoms with Gasteiger partial charge in [0.05, 0.1) is 16.7 Å². The van der Waals surface area contributed by atoms with Gasteiger partial charge in [-0.1, -0.05) is 61.0 Å². The molecule has 1 rings (SSSR count). The quantitative estimate of drug-likeness (QED) is 0.540.